The molecule has 0 spiro atoms. The third-order valence-electron chi connectivity index (χ3n) is 3.58. The summed E-state index contributed by atoms with van der Waals surface area (Å²) in [6.07, 6.45) is -6.31. The standard InChI is InChI=1S/C13H18N2O7/c1-6-2-3-7(4-8(6)15(20)21)14-13-11(19)10(18)12(22-13)9(17)5-16/h2-4,9-14,16-19H,5H2,1H3/t9-,10-,11-,12+,13-/m0/s1. The van der Waals surface area contributed by atoms with Crippen molar-refractivity contribution in [2.75, 3.05) is 11.9 Å². The van der Waals surface area contributed by atoms with Gasteiger partial charge in [0.05, 0.1) is 11.5 Å². The molecule has 0 unspecified atom stereocenters. The molecule has 0 bridgehead atoms. The van der Waals surface area contributed by atoms with E-state index in [-0.39, 0.29) is 5.69 Å². The van der Waals surface area contributed by atoms with Gasteiger partial charge < -0.3 is 30.5 Å². The van der Waals surface area contributed by atoms with Gasteiger partial charge in [-0.3, -0.25) is 10.1 Å². The molecule has 0 radical (unpaired) electrons. The fourth-order valence-electron chi connectivity index (χ4n) is 2.31. The van der Waals surface area contributed by atoms with Crippen molar-refractivity contribution in [1.82, 2.24) is 0 Å². The van der Waals surface area contributed by atoms with E-state index in [0.29, 0.717) is 11.3 Å². The van der Waals surface area contributed by atoms with Crippen LogP contribution in [0.25, 0.3) is 0 Å². The molecule has 5 atom stereocenters. The molecule has 0 amide bonds. The first-order valence-corrected chi connectivity index (χ1v) is 6.67. The molecule has 1 aromatic carbocycles. The summed E-state index contributed by atoms with van der Waals surface area (Å²) >= 11 is 0. The third kappa shape index (κ3) is 3.18. The molecule has 1 saturated heterocycles. The van der Waals surface area contributed by atoms with Crippen molar-refractivity contribution in [2.24, 2.45) is 0 Å². The third-order valence-corrected chi connectivity index (χ3v) is 3.58. The molecule has 1 aromatic rings. The molecule has 9 nitrogen and oxygen atoms in total. The van der Waals surface area contributed by atoms with Crippen LogP contribution in [0.4, 0.5) is 11.4 Å². The summed E-state index contributed by atoms with van der Waals surface area (Å²) in [6.45, 7) is 0.970. The predicted molar refractivity (Wildman–Crippen MR) is 75.2 cm³/mol. The number of aliphatic hydroxyl groups excluding tert-OH is 4. The van der Waals surface area contributed by atoms with Crippen molar-refractivity contribution in [2.45, 2.75) is 37.6 Å². The first-order chi connectivity index (χ1) is 10.3. The predicted octanol–water partition coefficient (Wildman–Crippen LogP) is -0.885. The Hall–Kier alpha value is -1.78. The number of rotatable bonds is 5. The molecule has 122 valence electrons. The Labute approximate surface area is 125 Å². The van der Waals surface area contributed by atoms with E-state index in [1.807, 2.05) is 0 Å². The van der Waals surface area contributed by atoms with E-state index in [2.05, 4.69) is 5.32 Å². The highest BCUT2D eigenvalue weighted by Gasteiger charge is 2.45. The number of anilines is 1. The van der Waals surface area contributed by atoms with Gasteiger partial charge in [0.15, 0.2) is 6.23 Å². The van der Waals surface area contributed by atoms with Crippen LogP contribution in [0.15, 0.2) is 18.2 Å². The molecular weight excluding hydrogens is 296 g/mol. The lowest BCUT2D eigenvalue weighted by Crippen LogP contribution is -2.40. The number of benzene rings is 1. The summed E-state index contributed by atoms with van der Waals surface area (Å²) in [5.74, 6) is 0. The molecule has 9 heteroatoms. The van der Waals surface area contributed by atoms with E-state index in [4.69, 9.17) is 9.84 Å². The molecule has 0 aliphatic carbocycles. The number of hydrogen-bond donors (Lipinski definition) is 5. The average Bonchev–Trinajstić information content (AvgIpc) is 2.76. The zero-order chi connectivity index (χ0) is 16.4. The fraction of sp³-hybridized carbons (Fsp3) is 0.538. The summed E-state index contributed by atoms with van der Waals surface area (Å²) in [7, 11) is 0. The Kier molecular flexibility index (Phi) is 4.94. The van der Waals surface area contributed by atoms with E-state index in [1.54, 1.807) is 13.0 Å². The SMILES string of the molecule is Cc1ccc(N[C@H]2O[C@H]([C@@H](O)CO)[C@@H](O)[C@@H]2O)cc1[N+](=O)[O-]. The van der Waals surface area contributed by atoms with Gasteiger partial charge in [-0.05, 0) is 13.0 Å². The van der Waals surface area contributed by atoms with Crippen molar-refractivity contribution in [3.8, 4) is 0 Å². The van der Waals surface area contributed by atoms with Gasteiger partial charge in [0, 0.05) is 17.3 Å². The van der Waals surface area contributed by atoms with Crippen molar-refractivity contribution >= 4 is 11.4 Å². The topological polar surface area (TPSA) is 145 Å². The van der Waals surface area contributed by atoms with Gasteiger partial charge in [-0.2, -0.15) is 0 Å². The highest BCUT2D eigenvalue weighted by atomic mass is 16.6. The molecule has 1 fully saturated rings. The van der Waals surface area contributed by atoms with Gasteiger partial charge >= 0.3 is 0 Å². The van der Waals surface area contributed by atoms with Crippen LogP contribution < -0.4 is 5.32 Å². The summed E-state index contributed by atoms with van der Waals surface area (Å²) in [6, 6.07) is 4.40. The largest absolute Gasteiger partial charge is 0.394 e. The van der Waals surface area contributed by atoms with Crippen molar-refractivity contribution in [3.63, 3.8) is 0 Å². The maximum atomic E-state index is 10.9. The summed E-state index contributed by atoms with van der Waals surface area (Å²) < 4.78 is 5.28. The second-order valence-corrected chi connectivity index (χ2v) is 5.16. The second-order valence-electron chi connectivity index (χ2n) is 5.16. The van der Waals surface area contributed by atoms with E-state index in [1.165, 1.54) is 12.1 Å². The Balaban J connectivity index is 2.14. The summed E-state index contributed by atoms with van der Waals surface area (Å²) in [4.78, 5) is 10.4. The molecule has 0 aromatic heterocycles. The molecular formula is C13H18N2O7. The van der Waals surface area contributed by atoms with Gasteiger partial charge in [-0.25, -0.2) is 0 Å². The second kappa shape index (κ2) is 6.55. The Morgan fingerprint density at radius 3 is 2.68 bits per heavy atom. The minimum Gasteiger partial charge on any atom is -0.394 e. The lowest BCUT2D eigenvalue weighted by atomic mass is 10.1. The molecule has 1 heterocycles. The van der Waals surface area contributed by atoms with Crippen LogP contribution in [0.2, 0.25) is 0 Å². The Morgan fingerprint density at radius 1 is 1.41 bits per heavy atom. The van der Waals surface area contributed by atoms with Crippen LogP contribution in [0, 0.1) is 17.0 Å². The minimum atomic E-state index is -1.39. The number of ether oxygens (including phenoxy) is 1. The first kappa shape index (κ1) is 16.6. The monoisotopic (exact) mass is 314 g/mol. The lowest BCUT2D eigenvalue weighted by Gasteiger charge is -2.19. The van der Waals surface area contributed by atoms with Gasteiger partial charge in [0.1, 0.15) is 24.4 Å². The highest BCUT2D eigenvalue weighted by molar-refractivity contribution is 5.55. The zero-order valence-electron chi connectivity index (χ0n) is 11.8. The summed E-state index contributed by atoms with van der Waals surface area (Å²) in [5, 5.41) is 51.7. The molecule has 2 rings (SSSR count). The average molecular weight is 314 g/mol. The van der Waals surface area contributed by atoms with Crippen LogP contribution in [0.5, 0.6) is 0 Å². The quantitative estimate of drug-likeness (QED) is 0.348. The van der Waals surface area contributed by atoms with E-state index >= 15 is 0 Å². The maximum Gasteiger partial charge on any atom is 0.274 e. The molecule has 1 aliphatic heterocycles. The number of nitro groups is 1. The van der Waals surface area contributed by atoms with Gasteiger partial charge in [-0.15, -0.1) is 0 Å². The molecule has 1 aliphatic rings. The van der Waals surface area contributed by atoms with E-state index in [9.17, 15) is 25.4 Å². The number of aryl methyl sites for hydroxylation is 1. The van der Waals surface area contributed by atoms with Crippen molar-refractivity contribution in [3.05, 3.63) is 33.9 Å². The highest BCUT2D eigenvalue weighted by Crippen LogP contribution is 2.28. The summed E-state index contributed by atoms with van der Waals surface area (Å²) in [5.41, 5.74) is 0.717. The number of aliphatic hydroxyl groups is 4. The van der Waals surface area contributed by atoms with Crippen LogP contribution in [-0.4, -0.2) is 62.6 Å². The maximum absolute atomic E-state index is 10.9. The normalized spacial score (nSPS) is 29.3. The smallest absolute Gasteiger partial charge is 0.274 e. The van der Waals surface area contributed by atoms with E-state index in [0.717, 1.165) is 0 Å². The lowest BCUT2D eigenvalue weighted by molar-refractivity contribution is -0.385. The van der Waals surface area contributed by atoms with Gasteiger partial charge in [-0.1, -0.05) is 6.07 Å². The van der Waals surface area contributed by atoms with Crippen LogP contribution in [0.3, 0.4) is 0 Å². The zero-order valence-corrected chi connectivity index (χ0v) is 11.8. The minimum absolute atomic E-state index is 0.0926. The Bertz CT molecular complexity index is 553. The van der Waals surface area contributed by atoms with Crippen LogP contribution in [-0.2, 0) is 4.74 Å². The van der Waals surface area contributed by atoms with E-state index < -0.39 is 42.2 Å². The van der Waals surface area contributed by atoms with Crippen LogP contribution in [0.1, 0.15) is 5.56 Å². The number of nitro benzene ring substituents is 1. The van der Waals surface area contributed by atoms with Crippen molar-refractivity contribution < 1.29 is 30.1 Å². The Morgan fingerprint density at radius 2 is 2.09 bits per heavy atom. The van der Waals surface area contributed by atoms with Crippen molar-refractivity contribution in [1.29, 1.82) is 0 Å². The number of nitrogens with zero attached hydrogens (tertiary/aromatic N) is 1. The van der Waals surface area contributed by atoms with Gasteiger partial charge in [0.2, 0.25) is 0 Å². The van der Waals surface area contributed by atoms with Crippen LogP contribution >= 0.6 is 0 Å². The molecule has 5 N–H and O–H groups in total. The van der Waals surface area contributed by atoms with Gasteiger partial charge in [0.25, 0.3) is 5.69 Å². The molecule has 0 saturated carbocycles. The fourth-order valence-corrected chi connectivity index (χ4v) is 2.31. The first-order valence-electron chi connectivity index (χ1n) is 6.67. The number of hydrogen-bond acceptors (Lipinski definition) is 8. The number of nitrogens with one attached hydrogen (secondary N) is 1. The molecule has 22 heavy (non-hydrogen) atoms.